The number of hydrogen-bond donors (Lipinski definition) is 2. The van der Waals surface area contributed by atoms with Crippen LogP contribution in [0.1, 0.15) is 13.8 Å². The molecule has 0 aliphatic heterocycles. The number of carbonyl (C=O) groups is 2. The van der Waals surface area contributed by atoms with E-state index in [2.05, 4.69) is 10.1 Å². The molecule has 3 N–H and O–H groups in total. The lowest BCUT2D eigenvalue weighted by molar-refractivity contribution is -0.128. The molecular formula is C8H15ClN2O3. The zero-order valence-electron chi connectivity index (χ0n) is 8.30. The van der Waals surface area contributed by atoms with E-state index in [1.54, 1.807) is 13.8 Å². The number of ether oxygens (including phenoxy) is 1. The lowest BCUT2D eigenvalue weighted by Crippen LogP contribution is -2.40. The van der Waals surface area contributed by atoms with Crippen molar-refractivity contribution < 1.29 is 14.3 Å². The van der Waals surface area contributed by atoms with Crippen LogP contribution in [-0.2, 0) is 9.53 Å². The molecule has 0 heterocycles. The number of primary amides is 1. The molecule has 0 aliphatic carbocycles. The van der Waals surface area contributed by atoms with Crippen molar-refractivity contribution in [2.24, 2.45) is 11.1 Å². The quantitative estimate of drug-likeness (QED) is 0.524. The molecule has 0 bridgehead atoms. The standard InChI is InChI=1S/C8H15ClN2O3/c1-8(2,5-9)6(12)11-3-4-14-7(10)13/h3-5H2,1-2H3,(H2,10,13)(H,11,12). The van der Waals surface area contributed by atoms with Crippen molar-refractivity contribution in [1.29, 1.82) is 0 Å². The molecule has 0 aromatic carbocycles. The van der Waals surface area contributed by atoms with Crippen molar-refractivity contribution >= 4 is 23.6 Å². The summed E-state index contributed by atoms with van der Waals surface area (Å²) in [4.78, 5) is 21.5. The van der Waals surface area contributed by atoms with Gasteiger partial charge in [-0.05, 0) is 13.8 Å². The van der Waals surface area contributed by atoms with Gasteiger partial charge in [0.1, 0.15) is 6.61 Å². The summed E-state index contributed by atoms with van der Waals surface area (Å²) < 4.78 is 4.43. The topological polar surface area (TPSA) is 81.4 Å². The summed E-state index contributed by atoms with van der Waals surface area (Å²) in [7, 11) is 0. The van der Waals surface area contributed by atoms with Crippen molar-refractivity contribution in [3.63, 3.8) is 0 Å². The van der Waals surface area contributed by atoms with Crippen LogP contribution in [0.25, 0.3) is 0 Å². The highest BCUT2D eigenvalue weighted by atomic mass is 35.5. The van der Waals surface area contributed by atoms with Crippen LogP contribution in [-0.4, -0.2) is 31.0 Å². The first kappa shape index (κ1) is 13.0. The third-order valence-corrected chi connectivity index (χ3v) is 2.25. The second-order valence-electron chi connectivity index (χ2n) is 3.44. The second kappa shape index (κ2) is 5.70. The minimum absolute atomic E-state index is 0.0689. The lowest BCUT2D eigenvalue weighted by Gasteiger charge is -2.19. The highest BCUT2D eigenvalue weighted by Gasteiger charge is 2.25. The van der Waals surface area contributed by atoms with Gasteiger partial charge in [0.05, 0.1) is 12.0 Å². The lowest BCUT2D eigenvalue weighted by atomic mass is 9.95. The minimum atomic E-state index is -0.851. The van der Waals surface area contributed by atoms with Gasteiger partial charge >= 0.3 is 6.09 Å². The van der Waals surface area contributed by atoms with Crippen molar-refractivity contribution in [1.82, 2.24) is 5.32 Å². The number of rotatable bonds is 5. The predicted molar refractivity (Wildman–Crippen MR) is 53.0 cm³/mol. The van der Waals surface area contributed by atoms with E-state index in [0.717, 1.165) is 0 Å². The van der Waals surface area contributed by atoms with Gasteiger partial charge in [0, 0.05) is 5.88 Å². The fraction of sp³-hybridized carbons (Fsp3) is 0.750. The maximum Gasteiger partial charge on any atom is 0.404 e. The summed E-state index contributed by atoms with van der Waals surface area (Å²) in [5.74, 6) is 0.0516. The molecule has 0 saturated heterocycles. The van der Waals surface area contributed by atoms with E-state index in [4.69, 9.17) is 17.3 Å². The van der Waals surface area contributed by atoms with Gasteiger partial charge in [0.2, 0.25) is 5.91 Å². The first-order valence-electron chi connectivity index (χ1n) is 4.16. The van der Waals surface area contributed by atoms with Crippen molar-refractivity contribution in [3.8, 4) is 0 Å². The fourth-order valence-corrected chi connectivity index (χ4v) is 0.738. The smallest absolute Gasteiger partial charge is 0.404 e. The monoisotopic (exact) mass is 222 g/mol. The minimum Gasteiger partial charge on any atom is -0.448 e. The Bertz CT molecular complexity index is 219. The molecule has 0 atom stereocenters. The summed E-state index contributed by atoms with van der Waals surface area (Å²) in [6.07, 6.45) is -0.851. The Kier molecular flexibility index (Phi) is 5.30. The maximum atomic E-state index is 11.4. The summed E-state index contributed by atoms with van der Waals surface area (Å²) in [6, 6.07) is 0. The van der Waals surface area contributed by atoms with Gasteiger partial charge in [-0.15, -0.1) is 11.6 Å². The number of nitrogens with two attached hydrogens (primary N) is 1. The third-order valence-electron chi connectivity index (χ3n) is 1.58. The molecule has 0 fully saturated rings. The molecule has 0 spiro atoms. The maximum absolute atomic E-state index is 11.4. The summed E-state index contributed by atoms with van der Waals surface area (Å²) in [5, 5.41) is 2.57. The van der Waals surface area contributed by atoms with Crippen molar-refractivity contribution in [2.45, 2.75) is 13.8 Å². The van der Waals surface area contributed by atoms with Crippen LogP contribution in [0.15, 0.2) is 0 Å². The Hall–Kier alpha value is -0.970. The van der Waals surface area contributed by atoms with Crippen molar-refractivity contribution in [3.05, 3.63) is 0 Å². The average molecular weight is 223 g/mol. The van der Waals surface area contributed by atoms with E-state index < -0.39 is 11.5 Å². The Labute approximate surface area is 87.9 Å². The van der Waals surface area contributed by atoms with Crippen LogP contribution in [0.5, 0.6) is 0 Å². The highest BCUT2D eigenvalue weighted by molar-refractivity contribution is 6.19. The third kappa shape index (κ3) is 4.91. The van der Waals surface area contributed by atoms with E-state index in [1.807, 2.05) is 0 Å². The predicted octanol–water partition coefficient (Wildman–Crippen LogP) is 0.463. The number of amides is 2. The fourth-order valence-electron chi connectivity index (χ4n) is 0.616. The SMILES string of the molecule is CC(C)(CCl)C(=O)NCCOC(N)=O. The largest absolute Gasteiger partial charge is 0.448 e. The molecule has 14 heavy (non-hydrogen) atoms. The molecule has 5 nitrogen and oxygen atoms in total. The molecule has 0 aromatic rings. The molecular weight excluding hydrogens is 208 g/mol. The van der Waals surface area contributed by atoms with Crippen LogP contribution < -0.4 is 11.1 Å². The zero-order chi connectivity index (χ0) is 11.2. The van der Waals surface area contributed by atoms with Crippen LogP contribution in [0.3, 0.4) is 0 Å². The highest BCUT2D eigenvalue weighted by Crippen LogP contribution is 2.16. The molecule has 0 unspecified atom stereocenters. The normalized spacial score (nSPS) is 10.8. The van der Waals surface area contributed by atoms with Crippen LogP contribution >= 0.6 is 11.6 Å². The zero-order valence-corrected chi connectivity index (χ0v) is 9.06. The first-order chi connectivity index (χ1) is 6.40. The van der Waals surface area contributed by atoms with Gasteiger partial charge in [-0.25, -0.2) is 4.79 Å². The summed E-state index contributed by atoms with van der Waals surface area (Å²) in [5.41, 5.74) is 4.11. The molecule has 0 aromatic heterocycles. The van der Waals surface area contributed by atoms with Crippen LogP contribution in [0.4, 0.5) is 4.79 Å². The van der Waals surface area contributed by atoms with E-state index >= 15 is 0 Å². The first-order valence-corrected chi connectivity index (χ1v) is 4.70. The van der Waals surface area contributed by atoms with Gasteiger partial charge in [0.15, 0.2) is 0 Å². The summed E-state index contributed by atoms with van der Waals surface area (Å²) >= 11 is 5.59. The molecule has 82 valence electrons. The Morgan fingerprint density at radius 1 is 1.50 bits per heavy atom. The van der Waals surface area contributed by atoms with Gasteiger partial charge in [0.25, 0.3) is 0 Å². The average Bonchev–Trinajstić information content (AvgIpc) is 2.11. The molecule has 0 saturated carbocycles. The van der Waals surface area contributed by atoms with E-state index in [1.165, 1.54) is 0 Å². The van der Waals surface area contributed by atoms with Gasteiger partial charge in [-0.1, -0.05) is 0 Å². The van der Waals surface area contributed by atoms with Crippen LogP contribution in [0.2, 0.25) is 0 Å². The molecule has 0 radical (unpaired) electrons. The number of halogens is 1. The summed E-state index contributed by atoms with van der Waals surface area (Å²) in [6.45, 7) is 3.76. The number of nitrogens with one attached hydrogen (secondary N) is 1. The second-order valence-corrected chi connectivity index (χ2v) is 3.71. The van der Waals surface area contributed by atoms with E-state index in [-0.39, 0.29) is 24.9 Å². The number of hydrogen-bond acceptors (Lipinski definition) is 3. The number of carbonyl (C=O) groups excluding carboxylic acids is 2. The van der Waals surface area contributed by atoms with E-state index in [9.17, 15) is 9.59 Å². The molecule has 0 rings (SSSR count). The van der Waals surface area contributed by atoms with Gasteiger partial charge in [-0.3, -0.25) is 4.79 Å². The molecule has 6 heteroatoms. The van der Waals surface area contributed by atoms with Gasteiger partial charge in [-0.2, -0.15) is 0 Å². The van der Waals surface area contributed by atoms with Crippen LogP contribution in [0, 0.1) is 5.41 Å². The Morgan fingerprint density at radius 3 is 2.50 bits per heavy atom. The van der Waals surface area contributed by atoms with E-state index in [0.29, 0.717) is 0 Å². The Balaban J connectivity index is 3.70. The van der Waals surface area contributed by atoms with Gasteiger partial charge < -0.3 is 15.8 Å². The molecule has 2 amide bonds. The Morgan fingerprint density at radius 2 is 2.07 bits per heavy atom. The van der Waals surface area contributed by atoms with Crippen molar-refractivity contribution in [2.75, 3.05) is 19.0 Å². The molecule has 0 aliphatic rings. The number of alkyl halides is 1.